The van der Waals surface area contributed by atoms with Gasteiger partial charge in [-0.3, -0.25) is 4.79 Å². The van der Waals surface area contributed by atoms with Crippen molar-refractivity contribution < 1.29 is 14.3 Å². The number of pyridine rings is 1. The number of anilines is 1. The zero-order valence-electron chi connectivity index (χ0n) is 11.4. The molecular weight excluding hydrogens is 271 g/mol. The molecule has 4 nitrogen and oxygen atoms in total. The molecule has 0 unspecified atom stereocenters. The van der Waals surface area contributed by atoms with Crippen LogP contribution in [0.15, 0.2) is 36.4 Å². The predicted octanol–water partition coefficient (Wildman–Crippen LogP) is 2.13. The number of amides is 1. The summed E-state index contributed by atoms with van der Waals surface area (Å²) < 4.78 is 13.7. The molecule has 0 spiro atoms. The van der Waals surface area contributed by atoms with Gasteiger partial charge in [0.15, 0.2) is 0 Å². The van der Waals surface area contributed by atoms with Crippen molar-refractivity contribution in [3.63, 3.8) is 0 Å². The summed E-state index contributed by atoms with van der Waals surface area (Å²) in [6.07, 6.45) is 0. The number of rotatable bonds is 2. The van der Waals surface area contributed by atoms with Gasteiger partial charge in [-0.05, 0) is 37.3 Å². The van der Waals surface area contributed by atoms with E-state index in [1.807, 2.05) is 0 Å². The number of carbonyl (C=O) groups is 1. The van der Waals surface area contributed by atoms with Crippen LogP contribution in [0.25, 0.3) is 0 Å². The first-order valence-electron chi connectivity index (χ1n) is 6.24. The number of aromatic nitrogens is 1. The minimum Gasteiger partial charge on any atom is -0.384 e. The van der Waals surface area contributed by atoms with Gasteiger partial charge in [0.2, 0.25) is 0 Å². The number of carbonyl (C=O) groups excluding carboxylic acids is 1. The van der Waals surface area contributed by atoms with Gasteiger partial charge in [0.05, 0.1) is 5.56 Å². The highest BCUT2D eigenvalue weighted by Crippen LogP contribution is 2.13. The first-order valence-corrected chi connectivity index (χ1v) is 6.24. The molecule has 2 N–H and O–H groups in total. The molecule has 0 aliphatic rings. The standard InChI is InChI=1S/C16H13FN2O2/c1-11-4-2-6-15(18-11)19-16(21)13-10-12(5-3-9-20)7-8-14(13)17/h2,4,6-8,10,20H,9H2,1H3,(H,18,19,21). The van der Waals surface area contributed by atoms with E-state index in [-0.39, 0.29) is 12.2 Å². The fourth-order valence-corrected chi connectivity index (χ4v) is 1.71. The summed E-state index contributed by atoms with van der Waals surface area (Å²) in [5.74, 6) is 4.18. The molecule has 5 heteroatoms. The third-order valence-corrected chi connectivity index (χ3v) is 2.65. The van der Waals surface area contributed by atoms with Gasteiger partial charge in [0.25, 0.3) is 5.91 Å². The zero-order chi connectivity index (χ0) is 15.2. The molecule has 0 atom stereocenters. The predicted molar refractivity (Wildman–Crippen MR) is 77.3 cm³/mol. The van der Waals surface area contributed by atoms with Crippen molar-refractivity contribution in [2.75, 3.05) is 11.9 Å². The minimum absolute atomic E-state index is 0.122. The quantitative estimate of drug-likeness (QED) is 0.830. The summed E-state index contributed by atoms with van der Waals surface area (Å²) in [5, 5.41) is 11.2. The number of nitrogens with zero attached hydrogens (tertiary/aromatic N) is 1. The van der Waals surface area contributed by atoms with E-state index in [4.69, 9.17) is 5.11 Å². The number of benzene rings is 1. The summed E-state index contributed by atoms with van der Waals surface area (Å²) >= 11 is 0. The normalized spacial score (nSPS) is 9.67. The number of hydrogen-bond acceptors (Lipinski definition) is 3. The maximum absolute atomic E-state index is 13.7. The monoisotopic (exact) mass is 284 g/mol. The number of nitrogens with one attached hydrogen (secondary N) is 1. The Kier molecular flexibility index (Phi) is 4.64. The van der Waals surface area contributed by atoms with Gasteiger partial charge in [0, 0.05) is 11.3 Å². The largest absolute Gasteiger partial charge is 0.384 e. The molecule has 0 saturated carbocycles. The van der Waals surface area contributed by atoms with E-state index in [1.165, 1.54) is 18.2 Å². The van der Waals surface area contributed by atoms with Crippen molar-refractivity contribution >= 4 is 11.7 Å². The lowest BCUT2D eigenvalue weighted by atomic mass is 10.1. The Balaban J connectivity index is 2.26. The average molecular weight is 284 g/mol. The van der Waals surface area contributed by atoms with Crippen LogP contribution in [-0.4, -0.2) is 22.6 Å². The molecule has 21 heavy (non-hydrogen) atoms. The summed E-state index contributed by atoms with van der Waals surface area (Å²) in [6, 6.07) is 9.11. The Morgan fingerprint density at radius 2 is 2.19 bits per heavy atom. The number of aliphatic hydroxyl groups excluding tert-OH is 1. The van der Waals surface area contributed by atoms with Crippen molar-refractivity contribution in [3.8, 4) is 11.8 Å². The second-order valence-electron chi connectivity index (χ2n) is 4.27. The lowest BCUT2D eigenvalue weighted by Crippen LogP contribution is -2.15. The smallest absolute Gasteiger partial charge is 0.259 e. The molecule has 1 aromatic carbocycles. The molecule has 0 radical (unpaired) electrons. The molecule has 0 saturated heterocycles. The Morgan fingerprint density at radius 1 is 1.38 bits per heavy atom. The highest BCUT2D eigenvalue weighted by molar-refractivity contribution is 6.04. The molecule has 1 amide bonds. The molecule has 0 fully saturated rings. The Hall–Kier alpha value is -2.71. The highest BCUT2D eigenvalue weighted by atomic mass is 19.1. The van der Waals surface area contributed by atoms with Crippen molar-refractivity contribution in [1.29, 1.82) is 0 Å². The lowest BCUT2D eigenvalue weighted by molar-refractivity contribution is 0.102. The van der Waals surface area contributed by atoms with E-state index in [0.29, 0.717) is 11.4 Å². The highest BCUT2D eigenvalue weighted by Gasteiger charge is 2.13. The van der Waals surface area contributed by atoms with E-state index in [1.54, 1.807) is 25.1 Å². The maximum Gasteiger partial charge on any atom is 0.259 e. The van der Waals surface area contributed by atoms with Crippen LogP contribution in [0.4, 0.5) is 10.2 Å². The van der Waals surface area contributed by atoms with E-state index in [9.17, 15) is 9.18 Å². The maximum atomic E-state index is 13.7. The van der Waals surface area contributed by atoms with Crippen molar-refractivity contribution in [1.82, 2.24) is 4.98 Å². The molecule has 2 aromatic rings. The Labute approximate surface area is 121 Å². The molecule has 0 aliphatic heterocycles. The topological polar surface area (TPSA) is 62.2 Å². The molecule has 0 bridgehead atoms. The van der Waals surface area contributed by atoms with E-state index < -0.39 is 11.7 Å². The SMILES string of the molecule is Cc1cccc(NC(=O)c2cc(C#CCO)ccc2F)n1. The third kappa shape index (κ3) is 3.88. The van der Waals surface area contributed by atoms with Gasteiger partial charge in [0.1, 0.15) is 18.2 Å². The van der Waals surface area contributed by atoms with Gasteiger partial charge in [-0.25, -0.2) is 9.37 Å². The molecule has 1 heterocycles. The lowest BCUT2D eigenvalue weighted by Gasteiger charge is -2.06. The van der Waals surface area contributed by atoms with Crippen LogP contribution >= 0.6 is 0 Å². The van der Waals surface area contributed by atoms with Crippen LogP contribution in [0.1, 0.15) is 21.6 Å². The van der Waals surface area contributed by atoms with Gasteiger partial charge in [-0.2, -0.15) is 0 Å². The van der Waals surface area contributed by atoms with Gasteiger partial charge >= 0.3 is 0 Å². The first-order chi connectivity index (χ1) is 10.1. The van der Waals surface area contributed by atoms with Crippen LogP contribution < -0.4 is 5.32 Å². The zero-order valence-corrected chi connectivity index (χ0v) is 11.4. The summed E-state index contributed by atoms with van der Waals surface area (Å²) in [7, 11) is 0. The fraction of sp³-hybridized carbons (Fsp3) is 0.125. The summed E-state index contributed by atoms with van der Waals surface area (Å²) in [5.41, 5.74) is 1.08. The van der Waals surface area contributed by atoms with Crippen molar-refractivity contribution in [2.45, 2.75) is 6.92 Å². The average Bonchev–Trinajstić information content (AvgIpc) is 2.46. The van der Waals surface area contributed by atoms with Crippen LogP contribution in [-0.2, 0) is 0 Å². The number of hydrogen-bond donors (Lipinski definition) is 2. The van der Waals surface area contributed by atoms with Gasteiger partial charge < -0.3 is 10.4 Å². The second-order valence-corrected chi connectivity index (χ2v) is 4.27. The van der Waals surface area contributed by atoms with E-state index >= 15 is 0 Å². The molecule has 0 aliphatic carbocycles. The van der Waals surface area contributed by atoms with Crippen LogP contribution in [0.2, 0.25) is 0 Å². The van der Waals surface area contributed by atoms with E-state index in [0.717, 1.165) is 5.69 Å². The number of halogens is 1. The molecule has 1 aromatic heterocycles. The van der Waals surface area contributed by atoms with Crippen molar-refractivity contribution in [2.24, 2.45) is 0 Å². The Bertz CT molecular complexity index is 733. The summed E-state index contributed by atoms with van der Waals surface area (Å²) in [6.45, 7) is 1.49. The fourth-order valence-electron chi connectivity index (χ4n) is 1.71. The number of aliphatic hydroxyl groups is 1. The second kappa shape index (κ2) is 6.64. The van der Waals surface area contributed by atoms with Crippen LogP contribution in [0.3, 0.4) is 0 Å². The van der Waals surface area contributed by atoms with E-state index in [2.05, 4.69) is 22.1 Å². The van der Waals surface area contributed by atoms with Crippen LogP contribution in [0.5, 0.6) is 0 Å². The van der Waals surface area contributed by atoms with Crippen LogP contribution in [0, 0.1) is 24.6 Å². The third-order valence-electron chi connectivity index (χ3n) is 2.65. The Morgan fingerprint density at radius 3 is 2.90 bits per heavy atom. The summed E-state index contributed by atoms with van der Waals surface area (Å²) in [4.78, 5) is 16.2. The number of aryl methyl sites for hydroxylation is 1. The molecular formula is C16H13FN2O2. The molecule has 2 rings (SSSR count). The first kappa shape index (κ1) is 14.7. The van der Waals surface area contributed by atoms with Crippen molar-refractivity contribution in [3.05, 3.63) is 59.0 Å². The van der Waals surface area contributed by atoms with Gasteiger partial charge in [-0.15, -0.1) is 0 Å². The van der Waals surface area contributed by atoms with Gasteiger partial charge in [-0.1, -0.05) is 17.9 Å². The minimum atomic E-state index is -0.644. The molecule has 106 valence electrons.